The minimum Gasteiger partial charge on any atom is -0.810 e. The summed E-state index contributed by atoms with van der Waals surface area (Å²) in [5, 5.41) is -2.05. The Morgan fingerprint density at radius 2 is 1.56 bits per heavy atom. The summed E-state index contributed by atoms with van der Waals surface area (Å²) in [5.74, 6) is 0. The smallest absolute Gasteiger partial charge is 0.810 e. The molecule has 0 aromatic rings. The van der Waals surface area contributed by atoms with E-state index >= 15 is 0 Å². The summed E-state index contributed by atoms with van der Waals surface area (Å²) in [4.78, 5) is 38.4. The molecule has 0 aromatic carbocycles. The Kier molecular flexibility index (Phi) is 14.8. The van der Waals surface area contributed by atoms with E-state index in [2.05, 4.69) is 0 Å². The first-order valence-electron chi connectivity index (χ1n) is 4.26. The molecule has 0 amide bonds. The van der Waals surface area contributed by atoms with Crippen molar-refractivity contribution in [1.82, 2.24) is 0 Å². The summed E-state index contributed by atoms with van der Waals surface area (Å²) in [6.45, 7) is 1.86. The first-order chi connectivity index (χ1) is 6.19. The Balaban J connectivity index is -0.000000845. The molecule has 16 heavy (non-hydrogen) atoms. The fraction of sp³-hybridized carbons (Fsp3) is 1.00. The van der Waals surface area contributed by atoms with E-state index < -0.39 is 20.6 Å². The molecule has 1 unspecified atom stereocenters. The topological polar surface area (TPSA) is 121 Å². The van der Waals surface area contributed by atoms with Crippen LogP contribution in [0.3, 0.4) is 0 Å². The van der Waals surface area contributed by atoms with Crippen LogP contribution in [0.1, 0.15) is 32.6 Å². The van der Waals surface area contributed by atoms with E-state index in [1.807, 2.05) is 6.92 Å². The third kappa shape index (κ3) is 10.2. The van der Waals surface area contributed by atoms with Gasteiger partial charge in [0, 0.05) is 0 Å². The molecular weight excluding hydrogens is 276 g/mol. The molecule has 0 aliphatic carbocycles. The normalized spacial score (nSPS) is 13.6. The van der Waals surface area contributed by atoms with Gasteiger partial charge in [-0.1, -0.05) is 33.8 Å². The van der Waals surface area contributed by atoms with Gasteiger partial charge in [0.2, 0.25) is 0 Å². The van der Waals surface area contributed by atoms with Crippen molar-refractivity contribution in [3.63, 3.8) is 0 Å². The standard InChI is InChI=1S/C6H16O6P2.2Na/c1-2-3-4-5-6(13(7,8)9)14(10,11)12;;/h6H,2-5H2,1H3,(H2,7,8,9)(H2,10,11,12);;/q;2*+1/p-2. The van der Waals surface area contributed by atoms with Gasteiger partial charge in [0.1, 0.15) is 0 Å². The second-order valence-electron chi connectivity index (χ2n) is 3.11. The fourth-order valence-electron chi connectivity index (χ4n) is 1.09. The molecular formula is C6H14Na2O6P2. The molecule has 6 nitrogen and oxygen atoms in total. The number of rotatable bonds is 6. The molecule has 0 rings (SSSR count). The Morgan fingerprint density at radius 3 is 1.81 bits per heavy atom. The predicted molar refractivity (Wildman–Crippen MR) is 47.6 cm³/mol. The van der Waals surface area contributed by atoms with Crippen LogP contribution in [0.4, 0.5) is 0 Å². The third-order valence-corrected chi connectivity index (χ3v) is 5.59. The van der Waals surface area contributed by atoms with Crippen molar-refractivity contribution in [2.45, 2.75) is 38.0 Å². The Hall–Kier alpha value is 2.30. The monoisotopic (exact) mass is 290 g/mol. The molecule has 0 aliphatic rings. The van der Waals surface area contributed by atoms with Gasteiger partial charge in [-0.15, -0.1) is 0 Å². The van der Waals surface area contributed by atoms with Crippen molar-refractivity contribution in [3.05, 3.63) is 0 Å². The van der Waals surface area contributed by atoms with E-state index in [4.69, 9.17) is 9.79 Å². The van der Waals surface area contributed by atoms with Gasteiger partial charge in [-0.05, 0) is 6.42 Å². The maximum atomic E-state index is 10.7. The molecule has 0 radical (unpaired) electrons. The minimum absolute atomic E-state index is 0. The molecule has 0 fully saturated rings. The first-order valence-corrected chi connectivity index (χ1v) is 7.56. The van der Waals surface area contributed by atoms with Crippen molar-refractivity contribution in [3.8, 4) is 0 Å². The Morgan fingerprint density at radius 1 is 1.12 bits per heavy atom. The van der Waals surface area contributed by atoms with Crippen LogP contribution < -0.4 is 68.9 Å². The SMILES string of the molecule is CCCCCC(P(=O)([O-])[O-])P(=O)(O)O.[Na+].[Na+]. The van der Waals surface area contributed by atoms with Gasteiger partial charge in [-0.25, -0.2) is 0 Å². The van der Waals surface area contributed by atoms with Crippen LogP contribution in [0.25, 0.3) is 0 Å². The van der Waals surface area contributed by atoms with Crippen LogP contribution in [-0.4, -0.2) is 15.2 Å². The average Bonchev–Trinajstić information content (AvgIpc) is 1.92. The molecule has 0 heterocycles. The van der Waals surface area contributed by atoms with E-state index in [1.165, 1.54) is 0 Å². The molecule has 2 N–H and O–H groups in total. The fourth-order valence-corrected chi connectivity index (χ4v) is 3.58. The largest absolute Gasteiger partial charge is 1.00 e. The van der Waals surface area contributed by atoms with E-state index in [-0.39, 0.29) is 65.5 Å². The summed E-state index contributed by atoms with van der Waals surface area (Å²) < 4.78 is 21.2. The van der Waals surface area contributed by atoms with Crippen molar-refractivity contribution in [1.29, 1.82) is 0 Å². The quantitative estimate of drug-likeness (QED) is 0.285. The number of hydrogen-bond donors (Lipinski definition) is 2. The average molecular weight is 290 g/mol. The second kappa shape index (κ2) is 10.1. The molecule has 1 atom stereocenters. The van der Waals surface area contributed by atoms with Gasteiger partial charge in [0.25, 0.3) is 0 Å². The van der Waals surface area contributed by atoms with Crippen LogP contribution in [-0.2, 0) is 9.13 Å². The van der Waals surface area contributed by atoms with E-state index in [1.54, 1.807) is 0 Å². The molecule has 0 saturated heterocycles. The molecule has 0 bridgehead atoms. The van der Waals surface area contributed by atoms with Crippen LogP contribution in [0, 0.1) is 0 Å². The zero-order valence-corrected chi connectivity index (χ0v) is 15.6. The molecule has 0 aliphatic heterocycles. The summed E-state index contributed by atoms with van der Waals surface area (Å²) in [6.07, 6.45) is 1.51. The van der Waals surface area contributed by atoms with Crippen molar-refractivity contribution >= 4 is 15.2 Å². The zero-order chi connectivity index (χ0) is 11.4. The van der Waals surface area contributed by atoms with Crippen LogP contribution in [0.2, 0.25) is 0 Å². The second-order valence-corrected chi connectivity index (χ2v) is 7.02. The van der Waals surface area contributed by atoms with Gasteiger partial charge in [0.15, 0.2) is 0 Å². The van der Waals surface area contributed by atoms with E-state index in [0.29, 0.717) is 12.8 Å². The van der Waals surface area contributed by atoms with Gasteiger partial charge >= 0.3 is 66.7 Å². The Bertz CT molecular complexity index is 240. The summed E-state index contributed by atoms with van der Waals surface area (Å²) in [6, 6.07) is 0. The molecule has 0 saturated carbocycles. The maximum Gasteiger partial charge on any atom is 1.00 e. The summed E-state index contributed by atoms with van der Waals surface area (Å²) >= 11 is 0. The number of unbranched alkanes of at least 4 members (excludes halogenated alkanes) is 2. The first kappa shape index (κ1) is 23.4. The van der Waals surface area contributed by atoms with Crippen molar-refractivity contribution in [2.75, 3.05) is 0 Å². The van der Waals surface area contributed by atoms with Gasteiger partial charge in [-0.2, -0.15) is 0 Å². The Labute approximate surface area is 139 Å². The van der Waals surface area contributed by atoms with Crippen LogP contribution in [0.15, 0.2) is 0 Å². The van der Waals surface area contributed by atoms with E-state index in [9.17, 15) is 18.9 Å². The van der Waals surface area contributed by atoms with Crippen molar-refractivity contribution < 1.29 is 87.8 Å². The third-order valence-electron chi connectivity index (χ3n) is 1.82. The van der Waals surface area contributed by atoms with Crippen LogP contribution >= 0.6 is 15.2 Å². The maximum absolute atomic E-state index is 10.7. The zero-order valence-electron chi connectivity index (χ0n) is 9.83. The van der Waals surface area contributed by atoms with Gasteiger partial charge in [0.05, 0.1) is 5.40 Å². The van der Waals surface area contributed by atoms with E-state index in [0.717, 1.165) is 6.42 Å². The number of hydrogen-bond acceptors (Lipinski definition) is 4. The van der Waals surface area contributed by atoms with Crippen molar-refractivity contribution in [2.24, 2.45) is 0 Å². The predicted octanol–water partition coefficient (Wildman–Crippen LogP) is -6.01. The minimum atomic E-state index is -5.20. The summed E-state index contributed by atoms with van der Waals surface area (Å²) in [5.41, 5.74) is 0. The van der Waals surface area contributed by atoms with Gasteiger partial charge < -0.3 is 24.1 Å². The van der Waals surface area contributed by atoms with Crippen LogP contribution in [0.5, 0.6) is 0 Å². The van der Waals surface area contributed by atoms with Gasteiger partial charge in [-0.3, -0.25) is 4.57 Å². The molecule has 10 heteroatoms. The molecule has 86 valence electrons. The molecule has 0 aromatic heterocycles. The summed E-state index contributed by atoms with van der Waals surface area (Å²) in [7, 11) is -10.0. The molecule has 0 spiro atoms.